The number of benzene rings is 1. The van der Waals surface area contributed by atoms with E-state index in [9.17, 15) is 0 Å². The van der Waals surface area contributed by atoms with Crippen LogP contribution in [0.4, 0.5) is 0 Å². The molecule has 0 N–H and O–H groups in total. The van der Waals surface area contributed by atoms with E-state index in [2.05, 4.69) is 31.2 Å². The van der Waals surface area contributed by atoms with Crippen LogP contribution in [0.3, 0.4) is 0 Å². The molecule has 1 aromatic rings. The molecule has 0 radical (unpaired) electrons. The molecule has 0 saturated heterocycles. The molecule has 0 aromatic heterocycles. The Labute approximate surface area is 86.3 Å². The van der Waals surface area contributed by atoms with Gasteiger partial charge in [-0.1, -0.05) is 44.0 Å². The third-order valence-electron chi connectivity index (χ3n) is 4.50. The summed E-state index contributed by atoms with van der Waals surface area (Å²) in [4.78, 5) is 0. The quantitative estimate of drug-likeness (QED) is 0.579. The molecule has 0 heterocycles. The van der Waals surface area contributed by atoms with Crippen molar-refractivity contribution < 1.29 is 0 Å². The minimum absolute atomic E-state index is 0.523. The number of hydrogen-bond acceptors (Lipinski definition) is 0. The van der Waals surface area contributed by atoms with E-state index in [1.54, 1.807) is 11.1 Å². The van der Waals surface area contributed by atoms with Crippen molar-refractivity contribution in [2.24, 2.45) is 5.92 Å². The second-order valence-electron chi connectivity index (χ2n) is 5.22. The molecular formula is C14H18. The highest BCUT2D eigenvalue weighted by Gasteiger charge is 2.43. The minimum Gasteiger partial charge on any atom is -0.0620 e. The lowest BCUT2D eigenvalue weighted by Gasteiger charge is -2.37. The number of rotatable bonds is 0. The smallest absolute Gasteiger partial charge is 0.00411 e. The summed E-state index contributed by atoms with van der Waals surface area (Å²) in [6.45, 7) is 2.49. The minimum atomic E-state index is 0.523. The molecule has 0 nitrogen and oxygen atoms in total. The maximum Gasteiger partial charge on any atom is -0.00411 e. The van der Waals surface area contributed by atoms with Gasteiger partial charge in [-0.15, -0.1) is 0 Å². The van der Waals surface area contributed by atoms with Crippen LogP contribution in [-0.2, 0) is 11.8 Å². The molecule has 74 valence electrons. The van der Waals surface area contributed by atoms with E-state index in [-0.39, 0.29) is 0 Å². The van der Waals surface area contributed by atoms with Crippen molar-refractivity contribution in [3.8, 4) is 0 Å². The van der Waals surface area contributed by atoms with Gasteiger partial charge in [0.2, 0.25) is 0 Å². The van der Waals surface area contributed by atoms with Gasteiger partial charge in [0, 0.05) is 0 Å². The average Bonchev–Trinajstić information content (AvgIpc) is 2.51. The molecule has 0 heteroatoms. The van der Waals surface area contributed by atoms with Crippen LogP contribution in [0.2, 0.25) is 0 Å². The molecule has 2 atom stereocenters. The molecule has 3 rings (SSSR count). The highest BCUT2D eigenvalue weighted by molar-refractivity contribution is 5.40. The monoisotopic (exact) mass is 186 g/mol. The van der Waals surface area contributed by atoms with Gasteiger partial charge in [-0.3, -0.25) is 0 Å². The van der Waals surface area contributed by atoms with Crippen molar-refractivity contribution in [1.29, 1.82) is 0 Å². The average molecular weight is 186 g/mol. The Morgan fingerprint density at radius 1 is 1.21 bits per heavy atom. The first-order chi connectivity index (χ1) is 6.81. The first-order valence-corrected chi connectivity index (χ1v) is 5.89. The number of fused-ring (bicyclic) bond motifs is 3. The zero-order chi connectivity index (χ0) is 9.60. The highest BCUT2D eigenvalue weighted by Crippen LogP contribution is 2.50. The molecule has 0 aliphatic heterocycles. The van der Waals surface area contributed by atoms with E-state index in [1.807, 2.05) is 0 Å². The lowest BCUT2D eigenvalue weighted by molar-refractivity contribution is 0.226. The second kappa shape index (κ2) is 2.85. The van der Waals surface area contributed by atoms with Gasteiger partial charge in [-0.25, -0.2) is 0 Å². The zero-order valence-electron chi connectivity index (χ0n) is 8.92. The van der Waals surface area contributed by atoms with Gasteiger partial charge < -0.3 is 0 Å². The molecule has 1 saturated carbocycles. The van der Waals surface area contributed by atoms with Gasteiger partial charge in [0.25, 0.3) is 0 Å². The van der Waals surface area contributed by atoms with Crippen LogP contribution in [0.1, 0.15) is 43.7 Å². The molecule has 2 aliphatic carbocycles. The SMILES string of the molecule is CC12CCCCC1Cc1ccccc12. The summed E-state index contributed by atoms with van der Waals surface area (Å²) in [7, 11) is 0. The third-order valence-corrected chi connectivity index (χ3v) is 4.50. The summed E-state index contributed by atoms with van der Waals surface area (Å²) in [6, 6.07) is 9.10. The Kier molecular flexibility index (Phi) is 1.74. The van der Waals surface area contributed by atoms with E-state index >= 15 is 0 Å². The predicted molar refractivity (Wildman–Crippen MR) is 59.5 cm³/mol. The molecular weight excluding hydrogens is 168 g/mol. The van der Waals surface area contributed by atoms with Gasteiger partial charge in [0.15, 0.2) is 0 Å². The van der Waals surface area contributed by atoms with Crippen LogP contribution in [0.5, 0.6) is 0 Å². The van der Waals surface area contributed by atoms with E-state index in [4.69, 9.17) is 0 Å². The van der Waals surface area contributed by atoms with Crippen LogP contribution >= 0.6 is 0 Å². The predicted octanol–water partition coefficient (Wildman–Crippen LogP) is 3.69. The van der Waals surface area contributed by atoms with Gasteiger partial charge >= 0.3 is 0 Å². The van der Waals surface area contributed by atoms with E-state index < -0.39 is 0 Å². The molecule has 0 bridgehead atoms. The normalized spacial score (nSPS) is 35.1. The second-order valence-corrected chi connectivity index (χ2v) is 5.22. The highest BCUT2D eigenvalue weighted by atomic mass is 14.5. The molecule has 0 amide bonds. The van der Waals surface area contributed by atoms with Crippen LogP contribution < -0.4 is 0 Å². The van der Waals surface area contributed by atoms with Crippen molar-refractivity contribution in [3.63, 3.8) is 0 Å². The summed E-state index contributed by atoms with van der Waals surface area (Å²) in [5.41, 5.74) is 3.81. The van der Waals surface area contributed by atoms with E-state index in [0.29, 0.717) is 5.41 Å². The molecule has 1 fully saturated rings. The number of hydrogen-bond donors (Lipinski definition) is 0. The summed E-state index contributed by atoms with van der Waals surface area (Å²) in [5, 5.41) is 0. The van der Waals surface area contributed by atoms with E-state index in [1.165, 1.54) is 32.1 Å². The fourth-order valence-electron chi connectivity index (χ4n) is 3.61. The van der Waals surface area contributed by atoms with E-state index in [0.717, 1.165) is 5.92 Å². The van der Waals surface area contributed by atoms with Crippen molar-refractivity contribution in [1.82, 2.24) is 0 Å². The van der Waals surface area contributed by atoms with Crippen LogP contribution in [-0.4, -0.2) is 0 Å². The lowest BCUT2D eigenvalue weighted by Crippen LogP contribution is -2.31. The van der Waals surface area contributed by atoms with Crippen molar-refractivity contribution in [3.05, 3.63) is 35.4 Å². The fraction of sp³-hybridized carbons (Fsp3) is 0.571. The fourth-order valence-corrected chi connectivity index (χ4v) is 3.61. The van der Waals surface area contributed by atoms with Crippen LogP contribution in [0.15, 0.2) is 24.3 Å². The Hall–Kier alpha value is -0.780. The standard InChI is InChI=1S/C14H18/c1-14-9-5-4-7-12(14)10-11-6-2-3-8-13(11)14/h2-3,6,8,12H,4-5,7,9-10H2,1H3. The first-order valence-electron chi connectivity index (χ1n) is 5.89. The van der Waals surface area contributed by atoms with Gasteiger partial charge in [-0.2, -0.15) is 0 Å². The summed E-state index contributed by atoms with van der Waals surface area (Å²) in [5.74, 6) is 0.939. The van der Waals surface area contributed by atoms with Crippen molar-refractivity contribution in [2.75, 3.05) is 0 Å². The lowest BCUT2D eigenvalue weighted by atomic mass is 9.67. The molecule has 14 heavy (non-hydrogen) atoms. The van der Waals surface area contributed by atoms with Crippen molar-refractivity contribution >= 4 is 0 Å². The van der Waals surface area contributed by atoms with Crippen LogP contribution in [0, 0.1) is 5.92 Å². The Morgan fingerprint density at radius 2 is 2.07 bits per heavy atom. The molecule has 0 spiro atoms. The largest absolute Gasteiger partial charge is 0.0620 e. The maximum absolute atomic E-state index is 2.49. The topological polar surface area (TPSA) is 0 Å². The van der Waals surface area contributed by atoms with Gasteiger partial charge in [0.05, 0.1) is 0 Å². The summed E-state index contributed by atoms with van der Waals surface area (Å²) in [6.07, 6.45) is 7.09. The van der Waals surface area contributed by atoms with Gasteiger partial charge in [-0.05, 0) is 41.7 Å². The molecule has 1 aromatic carbocycles. The first kappa shape index (κ1) is 8.52. The molecule has 2 aliphatic rings. The maximum atomic E-state index is 2.49. The Bertz CT molecular complexity index is 353. The Morgan fingerprint density at radius 3 is 3.00 bits per heavy atom. The summed E-state index contributed by atoms with van der Waals surface area (Å²) >= 11 is 0. The zero-order valence-corrected chi connectivity index (χ0v) is 8.92. The third kappa shape index (κ3) is 1.00. The molecule has 2 unspecified atom stereocenters. The van der Waals surface area contributed by atoms with Crippen LogP contribution in [0.25, 0.3) is 0 Å². The van der Waals surface area contributed by atoms with Crippen molar-refractivity contribution in [2.45, 2.75) is 44.4 Å². The summed E-state index contributed by atoms with van der Waals surface area (Å²) < 4.78 is 0. The Balaban J connectivity index is 2.10. The van der Waals surface area contributed by atoms with Gasteiger partial charge in [0.1, 0.15) is 0 Å².